The fraction of sp³-hybridized carbons (Fsp3) is 0.607. The fourth-order valence-corrected chi connectivity index (χ4v) is 4.98. The normalized spacial score (nSPS) is 18.5. The Kier molecular flexibility index (Phi) is 9.40. The molecule has 2 aliphatic heterocycles. The van der Waals surface area contributed by atoms with Gasteiger partial charge in [0, 0.05) is 70.0 Å². The van der Waals surface area contributed by atoms with Crippen molar-refractivity contribution in [3.05, 3.63) is 35.5 Å². The van der Waals surface area contributed by atoms with Gasteiger partial charge in [-0.25, -0.2) is 4.98 Å². The van der Waals surface area contributed by atoms with Gasteiger partial charge >= 0.3 is 6.18 Å². The van der Waals surface area contributed by atoms with Crippen LogP contribution < -0.4 is 15.5 Å². The second-order valence-corrected chi connectivity index (χ2v) is 10.8. The topological polar surface area (TPSA) is 85.9 Å². The van der Waals surface area contributed by atoms with E-state index in [9.17, 15) is 18.0 Å². The number of piperazine rings is 1. The Labute approximate surface area is 234 Å². The minimum absolute atomic E-state index is 0.0825. The molecular formula is C28H40F3N7O2. The van der Waals surface area contributed by atoms with Crippen LogP contribution in [0.25, 0.3) is 0 Å². The zero-order chi connectivity index (χ0) is 28.9. The quantitative estimate of drug-likeness (QED) is 0.435. The number of amides is 1. The monoisotopic (exact) mass is 563 g/mol. The van der Waals surface area contributed by atoms with Crippen LogP contribution in [0.2, 0.25) is 0 Å². The van der Waals surface area contributed by atoms with Crippen LogP contribution in [-0.4, -0.2) is 90.7 Å². The number of carbonyl (C=O) groups is 1. The average molecular weight is 564 g/mol. The second kappa shape index (κ2) is 12.6. The molecule has 2 fully saturated rings. The molecule has 220 valence electrons. The van der Waals surface area contributed by atoms with E-state index in [1.54, 1.807) is 18.7 Å². The minimum Gasteiger partial charge on any atom is -0.369 e. The summed E-state index contributed by atoms with van der Waals surface area (Å²) < 4.78 is 46.8. The van der Waals surface area contributed by atoms with Gasteiger partial charge in [-0.3, -0.25) is 4.79 Å². The van der Waals surface area contributed by atoms with Crippen LogP contribution in [0.15, 0.2) is 24.4 Å². The van der Waals surface area contributed by atoms with Gasteiger partial charge < -0.3 is 30.1 Å². The van der Waals surface area contributed by atoms with Crippen molar-refractivity contribution in [1.29, 1.82) is 0 Å². The number of aryl methyl sites for hydroxylation is 1. The van der Waals surface area contributed by atoms with E-state index in [1.165, 1.54) is 0 Å². The van der Waals surface area contributed by atoms with Crippen molar-refractivity contribution in [3.8, 4) is 0 Å². The van der Waals surface area contributed by atoms with Crippen LogP contribution in [0.4, 0.5) is 36.3 Å². The van der Waals surface area contributed by atoms with E-state index in [0.29, 0.717) is 26.1 Å². The number of carbonyl (C=O) groups excluding carboxylic acids is 1. The molecule has 3 heterocycles. The summed E-state index contributed by atoms with van der Waals surface area (Å²) in [5.74, 6) is -0.318. The molecule has 0 atom stereocenters. The molecule has 0 unspecified atom stereocenters. The molecule has 2 N–H and O–H groups in total. The van der Waals surface area contributed by atoms with Crippen LogP contribution in [0.5, 0.6) is 0 Å². The molecule has 2 saturated heterocycles. The number of hydrogen-bond donors (Lipinski definition) is 2. The van der Waals surface area contributed by atoms with Gasteiger partial charge in [0.15, 0.2) is 0 Å². The molecular weight excluding hydrogens is 523 g/mol. The van der Waals surface area contributed by atoms with Crippen molar-refractivity contribution < 1.29 is 22.7 Å². The van der Waals surface area contributed by atoms with Crippen molar-refractivity contribution in [3.63, 3.8) is 0 Å². The number of nitrogens with one attached hydrogen (secondary N) is 2. The Morgan fingerprint density at radius 2 is 1.88 bits per heavy atom. The number of aromatic nitrogens is 2. The lowest BCUT2D eigenvalue weighted by atomic mass is 10.1. The van der Waals surface area contributed by atoms with Gasteiger partial charge in [0.1, 0.15) is 17.0 Å². The van der Waals surface area contributed by atoms with Crippen molar-refractivity contribution in [1.82, 2.24) is 19.8 Å². The summed E-state index contributed by atoms with van der Waals surface area (Å²) in [5.41, 5.74) is 1.09. The standard InChI is InChI=1S/C28H40F3N7O2/c1-5-20-18-21(37-15-13-36(4)14-16-37)8-9-23(20)34-26-33-19-22(28(29,30)31)24(35-26)32-10-6-11-38-12-7-17-40-27(2,3)25(38)39/h8-9,18-19H,5-7,10-17H2,1-4H3,(H2,32,33,34,35). The van der Waals surface area contributed by atoms with E-state index in [2.05, 4.69) is 43.5 Å². The van der Waals surface area contributed by atoms with E-state index in [1.807, 2.05) is 19.1 Å². The van der Waals surface area contributed by atoms with Gasteiger partial charge in [-0.2, -0.15) is 18.2 Å². The van der Waals surface area contributed by atoms with Crippen molar-refractivity contribution in [2.24, 2.45) is 0 Å². The first-order valence-electron chi connectivity index (χ1n) is 13.9. The van der Waals surface area contributed by atoms with Crippen molar-refractivity contribution >= 4 is 29.0 Å². The van der Waals surface area contributed by atoms with Gasteiger partial charge in [0.05, 0.1) is 0 Å². The van der Waals surface area contributed by atoms with Crippen LogP contribution in [0.3, 0.4) is 0 Å². The molecule has 0 aliphatic carbocycles. The lowest BCUT2D eigenvalue weighted by Gasteiger charge is -2.34. The maximum absolute atomic E-state index is 13.7. The molecule has 9 nitrogen and oxygen atoms in total. The summed E-state index contributed by atoms with van der Waals surface area (Å²) in [5, 5.41) is 5.95. The molecule has 4 rings (SSSR count). The van der Waals surface area contributed by atoms with E-state index in [-0.39, 0.29) is 24.2 Å². The molecule has 0 bridgehead atoms. The van der Waals surface area contributed by atoms with E-state index in [0.717, 1.165) is 62.2 Å². The van der Waals surface area contributed by atoms with E-state index >= 15 is 0 Å². The average Bonchev–Trinajstić information content (AvgIpc) is 3.04. The van der Waals surface area contributed by atoms with Gasteiger partial charge in [0.25, 0.3) is 5.91 Å². The number of anilines is 4. The third-order valence-electron chi connectivity index (χ3n) is 7.41. The zero-order valence-corrected chi connectivity index (χ0v) is 23.8. The Morgan fingerprint density at radius 1 is 1.12 bits per heavy atom. The fourth-order valence-electron chi connectivity index (χ4n) is 4.98. The largest absolute Gasteiger partial charge is 0.421 e. The predicted molar refractivity (Wildman–Crippen MR) is 150 cm³/mol. The molecule has 1 aromatic heterocycles. The molecule has 1 aromatic carbocycles. The molecule has 0 saturated carbocycles. The molecule has 2 aliphatic rings. The lowest BCUT2D eigenvalue weighted by Crippen LogP contribution is -2.45. The summed E-state index contributed by atoms with van der Waals surface area (Å²) in [6.45, 7) is 11.1. The number of halogens is 3. The predicted octanol–water partition coefficient (Wildman–Crippen LogP) is 4.38. The minimum atomic E-state index is -4.61. The maximum atomic E-state index is 13.7. The van der Waals surface area contributed by atoms with Crippen LogP contribution >= 0.6 is 0 Å². The highest BCUT2D eigenvalue weighted by Gasteiger charge is 2.36. The highest BCUT2D eigenvalue weighted by atomic mass is 19.4. The third kappa shape index (κ3) is 7.34. The van der Waals surface area contributed by atoms with Crippen LogP contribution in [0, 0.1) is 0 Å². The number of alkyl halides is 3. The Hall–Kier alpha value is -3.12. The Bertz CT molecular complexity index is 1170. The first kappa shape index (κ1) is 29.9. The molecule has 2 aromatic rings. The third-order valence-corrected chi connectivity index (χ3v) is 7.41. The summed E-state index contributed by atoms with van der Waals surface area (Å²) in [6.07, 6.45) is -1.88. The Balaban J connectivity index is 1.44. The summed E-state index contributed by atoms with van der Waals surface area (Å²) >= 11 is 0. The van der Waals surface area contributed by atoms with E-state index < -0.39 is 17.3 Å². The SMILES string of the molecule is CCc1cc(N2CCN(C)CC2)ccc1Nc1ncc(C(F)(F)F)c(NCCCN2CCCOC(C)(C)C2=O)n1. The smallest absolute Gasteiger partial charge is 0.369 e. The van der Waals surface area contributed by atoms with Crippen molar-refractivity contribution in [2.45, 2.75) is 51.8 Å². The van der Waals surface area contributed by atoms with Gasteiger partial charge in [-0.1, -0.05) is 6.92 Å². The van der Waals surface area contributed by atoms with Crippen molar-refractivity contribution in [2.75, 3.05) is 75.0 Å². The first-order valence-corrected chi connectivity index (χ1v) is 13.9. The number of benzene rings is 1. The number of likely N-dealkylation sites (N-methyl/N-ethyl adjacent to an activating group) is 1. The number of hydrogen-bond acceptors (Lipinski definition) is 8. The molecule has 40 heavy (non-hydrogen) atoms. The lowest BCUT2D eigenvalue weighted by molar-refractivity contribution is -0.149. The van der Waals surface area contributed by atoms with Gasteiger partial charge in [0.2, 0.25) is 5.95 Å². The first-order chi connectivity index (χ1) is 19.0. The number of nitrogens with zero attached hydrogens (tertiary/aromatic N) is 5. The summed E-state index contributed by atoms with van der Waals surface area (Å²) in [6, 6.07) is 6.07. The van der Waals surface area contributed by atoms with Crippen LogP contribution in [0.1, 0.15) is 44.7 Å². The Morgan fingerprint density at radius 3 is 2.58 bits per heavy atom. The molecule has 1 amide bonds. The summed E-state index contributed by atoms with van der Waals surface area (Å²) in [7, 11) is 2.11. The molecule has 0 spiro atoms. The summed E-state index contributed by atoms with van der Waals surface area (Å²) in [4.78, 5) is 27.2. The maximum Gasteiger partial charge on any atom is 0.421 e. The number of rotatable bonds is 9. The molecule has 0 radical (unpaired) electrons. The van der Waals surface area contributed by atoms with E-state index in [4.69, 9.17) is 4.74 Å². The second-order valence-electron chi connectivity index (χ2n) is 10.8. The van der Waals surface area contributed by atoms with Gasteiger partial charge in [-0.15, -0.1) is 0 Å². The number of ether oxygens (including phenoxy) is 1. The van der Waals surface area contributed by atoms with Gasteiger partial charge in [-0.05, 0) is 63.9 Å². The highest BCUT2D eigenvalue weighted by Crippen LogP contribution is 2.34. The molecule has 12 heteroatoms. The highest BCUT2D eigenvalue weighted by molar-refractivity contribution is 5.84. The zero-order valence-electron chi connectivity index (χ0n) is 23.8. The van der Waals surface area contributed by atoms with Crippen LogP contribution in [-0.2, 0) is 22.1 Å².